The maximum Gasteiger partial charge on any atom is 0.315 e. The summed E-state index contributed by atoms with van der Waals surface area (Å²) in [6.45, 7) is 2.39. The molecular formula is C18H23N3O3. The van der Waals surface area contributed by atoms with Crippen LogP contribution in [0.3, 0.4) is 0 Å². The number of hydrogen-bond donors (Lipinski definition) is 3. The minimum absolute atomic E-state index is 0.000288. The van der Waals surface area contributed by atoms with Crippen LogP contribution >= 0.6 is 0 Å². The summed E-state index contributed by atoms with van der Waals surface area (Å²) < 4.78 is 5.31. The summed E-state index contributed by atoms with van der Waals surface area (Å²) in [5, 5.41) is 19.3. The Morgan fingerprint density at radius 3 is 2.96 bits per heavy atom. The molecular weight excluding hydrogens is 306 g/mol. The van der Waals surface area contributed by atoms with Crippen molar-refractivity contribution in [1.82, 2.24) is 15.8 Å². The van der Waals surface area contributed by atoms with Gasteiger partial charge in [-0.25, -0.2) is 4.79 Å². The number of hydrogen-bond acceptors (Lipinski definition) is 4. The van der Waals surface area contributed by atoms with Crippen LogP contribution in [0.4, 0.5) is 4.79 Å². The Kier molecular flexibility index (Phi) is 4.85. The van der Waals surface area contributed by atoms with Gasteiger partial charge in [-0.1, -0.05) is 48.8 Å². The van der Waals surface area contributed by atoms with E-state index in [2.05, 4.69) is 15.8 Å². The molecule has 3 rings (SSSR count). The molecule has 2 amide bonds. The SMILES string of the molecule is CC1(CO)CCCC1NC(=O)NCc1cc(-c2ccccc2)on1. The molecule has 128 valence electrons. The summed E-state index contributed by atoms with van der Waals surface area (Å²) in [5.41, 5.74) is 1.39. The van der Waals surface area contributed by atoms with Crippen molar-refractivity contribution in [3.63, 3.8) is 0 Å². The highest BCUT2D eigenvalue weighted by molar-refractivity contribution is 5.74. The van der Waals surface area contributed by atoms with Crippen molar-refractivity contribution in [3.8, 4) is 11.3 Å². The molecule has 2 aromatic rings. The maximum atomic E-state index is 12.1. The lowest BCUT2D eigenvalue weighted by Crippen LogP contribution is -2.48. The first-order valence-electron chi connectivity index (χ1n) is 8.27. The number of amides is 2. The molecule has 0 radical (unpaired) electrons. The largest absolute Gasteiger partial charge is 0.396 e. The first kappa shape index (κ1) is 16.5. The number of aliphatic hydroxyl groups excluding tert-OH is 1. The van der Waals surface area contributed by atoms with E-state index in [1.54, 1.807) is 0 Å². The van der Waals surface area contributed by atoms with Gasteiger partial charge in [-0.15, -0.1) is 0 Å². The molecule has 1 aliphatic rings. The Labute approximate surface area is 141 Å². The summed E-state index contributed by atoms with van der Waals surface area (Å²) in [6.07, 6.45) is 2.84. The fraction of sp³-hybridized carbons (Fsp3) is 0.444. The Bertz CT molecular complexity index is 686. The average molecular weight is 329 g/mol. The van der Waals surface area contributed by atoms with Gasteiger partial charge in [0.2, 0.25) is 0 Å². The highest BCUT2D eigenvalue weighted by Crippen LogP contribution is 2.37. The van der Waals surface area contributed by atoms with Gasteiger partial charge in [0.1, 0.15) is 5.69 Å². The van der Waals surface area contributed by atoms with E-state index in [0.717, 1.165) is 24.8 Å². The lowest BCUT2D eigenvalue weighted by molar-refractivity contribution is 0.121. The molecule has 6 nitrogen and oxygen atoms in total. The van der Waals surface area contributed by atoms with E-state index in [4.69, 9.17) is 4.52 Å². The average Bonchev–Trinajstić information content (AvgIpc) is 3.22. The minimum atomic E-state index is -0.245. The van der Waals surface area contributed by atoms with Crippen LogP contribution in [0, 0.1) is 5.41 Å². The molecule has 24 heavy (non-hydrogen) atoms. The third kappa shape index (κ3) is 3.59. The van der Waals surface area contributed by atoms with Gasteiger partial charge in [0, 0.05) is 23.1 Å². The number of urea groups is 1. The Hall–Kier alpha value is -2.34. The Morgan fingerprint density at radius 2 is 2.21 bits per heavy atom. The summed E-state index contributed by atoms with van der Waals surface area (Å²) in [7, 11) is 0. The third-order valence-electron chi connectivity index (χ3n) is 4.80. The molecule has 0 bridgehead atoms. The van der Waals surface area contributed by atoms with Gasteiger partial charge in [-0.05, 0) is 12.8 Å². The van der Waals surface area contributed by atoms with E-state index in [1.807, 2.05) is 43.3 Å². The molecule has 1 fully saturated rings. The fourth-order valence-electron chi connectivity index (χ4n) is 3.18. The topological polar surface area (TPSA) is 87.4 Å². The molecule has 1 heterocycles. The van der Waals surface area contributed by atoms with Crippen molar-refractivity contribution in [3.05, 3.63) is 42.1 Å². The van der Waals surface area contributed by atoms with E-state index in [0.29, 0.717) is 18.0 Å². The van der Waals surface area contributed by atoms with Crippen LogP contribution in [0.15, 0.2) is 40.9 Å². The van der Waals surface area contributed by atoms with E-state index in [-0.39, 0.29) is 24.1 Å². The number of aliphatic hydroxyl groups is 1. The number of nitrogens with zero attached hydrogens (tertiary/aromatic N) is 1. The second-order valence-corrected chi connectivity index (χ2v) is 6.63. The van der Waals surface area contributed by atoms with E-state index >= 15 is 0 Å². The third-order valence-corrected chi connectivity index (χ3v) is 4.80. The predicted molar refractivity (Wildman–Crippen MR) is 90.1 cm³/mol. The molecule has 1 aromatic heterocycles. The predicted octanol–water partition coefficient (Wildman–Crippen LogP) is 2.69. The molecule has 0 spiro atoms. The number of rotatable bonds is 5. The molecule has 1 saturated carbocycles. The molecule has 3 N–H and O–H groups in total. The smallest absolute Gasteiger partial charge is 0.315 e. The molecule has 1 aromatic carbocycles. The van der Waals surface area contributed by atoms with Crippen LogP contribution in [-0.4, -0.2) is 28.9 Å². The highest BCUT2D eigenvalue weighted by atomic mass is 16.5. The zero-order chi connectivity index (χ0) is 17.0. The summed E-state index contributed by atoms with van der Waals surface area (Å²) in [6, 6.07) is 11.3. The molecule has 0 aliphatic heterocycles. The van der Waals surface area contributed by atoms with Crippen molar-refractivity contribution in [2.75, 3.05) is 6.61 Å². The fourth-order valence-corrected chi connectivity index (χ4v) is 3.18. The maximum absolute atomic E-state index is 12.1. The van der Waals surface area contributed by atoms with Crippen molar-refractivity contribution < 1.29 is 14.4 Å². The minimum Gasteiger partial charge on any atom is -0.396 e. The van der Waals surface area contributed by atoms with Crippen LogP contribution in [0.5, 0.6) is 0 Å². The Balaban J connectivity index is 1.53. The summed E-state index contributed by atoms with van der Waals surface area (Å²) >= 11 is 0. The molecule has 2 atom stereocenters. The second-order valence-electron chi connectivity index (χ2n) is 6.63. The number of benzene rings is 1. The monoisotopic (exact) mass is 329 g/mol. The number of carbonyl (C=O) groups excluding carboxylic acids is 1. The van der Waals surface area contributed by atoms with Crippen LogP contribution < -0.4 is 10.6 Å². The van der Waals surface area contributed by atoms with Crippen LogP contribution in [0.2, 0.25) is 0 Å². The number of carbonyl (C=O) groups is 1. The highest BCUT2D eigenvalue weighted by Gasteiger charge is 2.39. The normalized spacial score (nSPS) is 23.2. The standard InChI is InChI=1S/C18H23N3O3/c1-18(12-22)9-5-8-16(18)20-17(23)19-11-14-10-15(24-21-14)13-6-3-2-4-7-13/h2-4,6-7,10,16,22H,5,8-9,11-12H2,1H3,(H2,19,20,23). The second kappa shape index (κ2) is 7.05. The number of nitrogens with one attached hydrogen (secondary N) is 2. The van der Waals surface area contributed by atoms with Gasteiger partial charge >= 0.3 is 6.03 Å². The first-order valence-corrected chi connectivity index (χ1v) is 8.27. The van der Waals surface area contributed by atoms with Crippen molar-refractivity contribution >= 4 is 6.03 Å². The molecule has 2 unspecified atom stereocenters. The lowest BCUT2D eigenvalue weighted by atomic mass is 9.86. The van der Waals surface area contributed by atoms with Gasteiger partial charge in [0.25, 0.3) is 0 Å². The lowest BCUT2D eigenvalue weighted by Gasteiger charge is -2.30. The van der Waals surface area contributed by atoms with E-state index < -0.39 is 0 Å². The van der Waals surface area contributed by atoms with Crippen molar-refractivity contribution in [2.24, 2.45) is 5.41 Å². The zero-order valence-electron chi connectivity index (χ0n) is 13.8. The van der Waals surface area contributed by atoms with E-state index in [1.165, 1.54) is 0 Å². The van der Waals surface area contributed by atoms with Gasteiger partial charge in [0.05, 0.1) is 13.2 Å². The van der Waals surface area contributed by atoms with Gasteiger partial charge in [-0.2, -0.15) is 0 Å². The Morgan fingerprint density at radius 1 is 1.42 bits per heavy atom. The molecule has 0 saturated heterocycles. The van der Waals surface area contributed by atoms with E-state index in [9.17, 15) is 9.90 Å². The van der Waals surface area contributed by atoms with Crippen molar-refractivity contribution in [1.29, 1.82) is 0 Å². The van der Waals surface area contributed by atoms with Crippen LogP contribution in [-0.2, 0) is 6.54 Å². The van der Waals surface area contributed by atoms with Crippen LogP contribution in [0.25, 0.3) is 11.3 Å². The summed E-state index contributed by atoms with van der Waals surface area (Å²) in [5.74, 6) is 0.677. The summed E-state index contributed by atoms with van der Waals surface area (Å²) in [4.78, 5) is 12.1. The molecule has 1 aliphatic carbocycles. The van der Waals surface area contributed by atoms with Gasteiger partial charge < -0.3 is 20.3 Å². The quantitative estimate of drug-likeness (QED) is 0.787. The number of aromatic nitrogens is 1. The molecule has 6 heteroatoms. The van der Waals surface area contributed by atoms with Gasteiger partial charge in [0.15, 0.2) is 5.76 Å². The zero-order valence-corrected chi connectivity index (χ0v) is 13.8. The van der Waals surface area contributed by atoms with Crippen LogP contribution in [0.1, 0.15) is 31.9 Å². The van der Waals surface area contributed by atoms with Gasteiger partial charge in [-0.3, -0.25) is 0 Å². The van der Waals surface area contributed by atoms with Crippen molar-refractivity contribution in [2.45, 2.75) is 38.8 Å². The first-order chi connectivity index (χ1) is 11.6.